The van der Waals surface area contributed by atoms with Crippen molar-refractivity contribution in [2.24, 2.45) is 0 Å². The van der Waals surface area contributed by atoms with Crippen LogP contribution in [0.1, 0.15) is 67.3 Å². The summed E-state index contributed by atoms with van der Waals surface area (Å²) >= 11 is 1.66. The first-order valence-electron chi connectivity index (χ1n) is 9.81. The van der Waals surface area contributed by atoms with Gasteiger partial charge in [-0.05, 0) is 62.6 Å². The van der Waals surface area contributed by atoms with Crippen molar-refractivity contribution in [3.05, 3.63) is 39.8 Å². The van der Waals surface area contributed by atoms with Crippen LogP contribution in [0.2, 0.25) is 0 Å². The first kappa shape index (κ1) is 17.3. The molecule has 5 heteroatoms. The Morgan fingerprint density at radius 3 is 2.96 bits per heavy atom. The van der Waals surface area contributed by atoms with E-state index in [4.69, 9.17) is 5.10 Å². The van der Waals surface area contributed by atoms with Crippen molar-refractivity contribution in [2.75, 3.05) is 6.54 Å². The second-order valence-corrected chi connectivity index (χ2v) is 8.53. The van der Waals surface area contributed by atoms with Crippen LogP contribution in [0.15, 0.2) is 23.6 Å². The topological polar surface area (TPSA) is 41.3 Å². The minimum atomic E-state index is -0.333. The second-order valence-electron chi connectivity index (χ2n) is 7.55. The van der Waals surface area contributed by atoms with Crippen molar-refractivity contribution < 1.29 is 5.11 Å². The van der Waals surface area contributed by atoms with E-state index in [2.05, 4.69) is 27.1 Å². The van der Waals surface area contributed by atoms with Gasteiger partial charge in [-0.1, -0.05) is 18.9 Å². The Labute approximate surface area is 154 Å². The summed E-state index contributed by atoms with van der Waals surface area (Å²) in [5.74, 6) is 0. The normalized spacial score (nSPS) is 23.2. The van der Waals surface area contributed by atoms with E-state index in [1.165, 1.54) is 56.3 Å². The number of aromatic nitrogens is 2. The van der Waals surface area contributed by atoms with Crippen molar-refractivity contribution in [3.63, 3.8) is 0 Å². The van der Waals surface area contributed by atoms with Gasteiger partial charge in [0.15, 0.2) is 0 Å². The lowest BCUT2D eigenvalue weighted by molar-refractivity contribution is 0.0987. The molecule has 0 saturated carbocycles. The molecule has 0 aliphatic carbocycles. The van der Waals surface area contributed by atoms with Crippen molar-refractivity contribution in [1.82, 2.24) is 14.7 Å². The molecule has 2 unspecified atom stereocenters. The molecule has 0 amide bonds. The lowest BCUT2D eigenvalue weighted by Gasteiger charge is -2.30. The molecule has 4 nitrogen and oxygen atoms in total. The van der Waals surface area contributed by atoms with Gasteiger partial charge in [-0.2, -0.15) is 5.10 Å². The highest BCUT2D eigenvalue weighted by atomic mass is 32.1. The molecule has 2 aromatic rings. The van der Waals surface area contributed by atoms with Gasteiger partial charge in [0.2, 0.25) is 0 Å². The number of aliphatic hydroxyl groups excluding tert-OH is 1. The van der Waals surface area contributed by atoms with E-state index in [1.807, 2.05) is 6.07 Å². The Morgan fingerprint density at radius 2 is 2.12 bits per heavy atom. The van der Waals surface area contributed by atoms with Crippen LogP contribution in [0.3, 0.4) is 0 Å². The number of hydrogen-bond acceptors (Lipinski definition) is 4. The zero-order valence-corrected chi connectivity index (χ0v) is 15.8. The molecule has 2 aliphatic rings. The van der Waals surface area contributed by atoms with Crippen LogP contribution < -0.4 is 0 Å². The van der Waals surface area contributed by atoms with Crippen LogP contribution in [0, 0.1) is 0 Å². The molecule has 1 fully saturated rings. The van der Waals surface area contributed by atoms with E-state index in [9.17, 15) is 5.11 Å². The molecular formula is C20H29N3OS. The second kappa shape index (κ2) is 8.02. The van der Waals surface area contributed by atoms with Crippen molar-refractivity contribution in [1.29, 1.82) is 0 Å². The maximum Gasteiger partial charge on any atom is 0.0896 e. The lowest BCUT2D eigenvalue weighted by atomic mass is 10.0. The van der Waals surface area contributed by atoms with Gasteiger partial charge in [0, 0.05) is 29.7 Å². The number of aliphatic hydroxyl groups is 1. The number of aryl methyl sites for hydroxylation is 2. The van der Waals surface area contributed by atoms with Gasteiger partial charge < -0.3 is 5.11 Å². The summed E-state index contributed by atoms with van der Waals surface area (Å²) in [7, 11) is 0. The van der Waals surface area contributed by atoms with Crippen LogP contribution in [-0.4, -0.2) is 32.4 Å². The summed E-state index contributed by atoms with van der Waals surface area (Å²) in [5.41, 5.74) is 2.63. The fourth-order valence-corrected chi connectivity index (χ4v) is 5.05. The van der Waals surface area contributed by atoms with E-state index < -0.39 is 0 Å². The molecule has 0 aromatic carbocycles. The highest BCUT2D eigenvalue weighted by Crippen LogP contribution is 2.29. The average molecular weight is 360 g/mol. The molecule has 2 atom stereocenters. The minimum Gasteiger partial charge on any atom is -0.388 e. The van der Waals surface area contributed by atoms with Crippen molar-refractivity contribution in [2.45, 2.75) is 76.6 Å². The Morgan fingerprint density at radius 1 is 1.20 bits per heavy atom. The van der Waals surface area contributed by atoms with Gasteiger partial charge in [0.05, 0.1) is 11.8 Å². The summed E-state index contributed by atoms with van der Waals surface area (Å²) in [6, 6.07) is 6.86. The molecule has 2 aromatic heterocycles. The average Bonchev–Trinajstić information content (AvgIpc) is 3.24. The van der Waals surface area contributed by atoms with Crippen molar-refractivity contribution in [3.8, 4) is 0 Å². The third-order valence-corrected chi connectivity index (χ3v) is 6.67. The van der Waals surface area contributed by atoms with Gasteiger partial charge in [-0.25, -0.2) is 0 Å². The van der Waals surface area contributed by atoms with Crippen LogP contribution in [0.25, 0.3) is 0 Å². The molecule has 1 N–H and O–H groups in total. The quantitative estimate of drug-likeness (QED) is 0.872. The molecule has 0 radical (unpaired) electrons. The number of likely N-dealkylation sites (tertiary alicyclic amines) is 1. The molecule has 0 bridgehead atoms. The largest absolute Gasteiger partial charge is 0.388 e. The smallest absolute Gasteiger partial charge is 0.0896 e. The van der Waals surface area contributed by atoms with Gasteiger partial charge in [-0.3, -0.25) is 9.58 Å². The first-order valence-corrected chi connectivity index (χ1v) is 10.7. The Kier molecular flexibility index (Phi) is 5.54. The Bertz CT molecular complexity index is 643. The lowest BCUT2D eigenvalue weighted by Crippen LogP contribution is -2.35. The van der Waals surface area contributed by atoms with Crippen LogP contribution in [-0.2, 0) is 19.5 Å². The van der Waals surface area contributed by atoms with Gasteiger partial charge >= 0.3 is 0 Å². The Balaban J connectivity index is 1.45. The zero-order chi connectivity index (χ0) is 17.1. The van der Waals surface area contributed by atoms with E-state index in [-0.39, 0.29) is 6.10 Å². The number of hydrogen-bond donors (Lipinski definition) is 1. The summed E-state index contributed by atoms with van der Waals surface area (Å²) < 4.78 is 2.21. The zero-order valence-electron chi connectivity index (χ0n) is 14.9. The third kappa shape index (κ3) is 4.15. The summed E-state index contributed by atoms with van der Waals surface area (Å²) in [4.78, 5) is 3.68. The van der Waals surface area contributed by atoms with Crippen LogP contribution in [0.4, 0.5) is 0 Å². The molecule has 4 heterocycles. The highest BCUT2D eigenvalue weighted by Gasteiger charge is 2.26. The maximum absolute atomic E-state index is 10.6. The SMILES string of the molecule is OC(CC1CCCCCN1Cc1cc2n(n1)CCCC2)c1cccs1. The molecular weight excluding hydrogens is 330 g/mol. The molecule has 2 aliphatic heterocycles. The fraction of sp³-hybridized carbons (Fsp3) is 0.650. The monoisotopic (exact) mass is 359 g/mol. The van der Waals surface area contributed by atoms with E-state index >= 15 is 0 Å². The fourth-order valence-electron chi connectivity index (χ4n) is 4.33. The predicted octanol–water partition coefficient (Wildman–Crippen LogP) is 4.15. The standard InChI is InChI=1S/C20H29N3OS/c24-19(20-9-6-12-25-20)14-17-7-2-1-4-10-22(17)15-16-13-18-8-3-5-11-23(18)21-16/h6,9,12-13,17,19,24H,1-5,7-8,10-11,14-15H2. The van der Waals surface area contributed by atoms with Gasteiger partial charge in [0.1, 0.15) is 0 Å². The number of fused-ring (bicyclic) bond motifs is 1. The molecule has 1 saturated heterocycles. The number of thiophene rings is 1. The predicted molar refractivity (Wildman–Crippen MR) is 102 cm³/mol. The van der Waals surface area contributed by atoms with Crippen LogP contribution in [0.5, 0.6) is 0 Å². The minimum absolute atomic E-state index is 0.333. The molecule has 4 rings (SSSR count). The maximum atomic E-state index is 10.6. The molecule has 25 heavy (non-hydrogen) atoms. The number of nitrogens with zero attached hydrogens (tertiary/aromatic N) is 3. The highest BCUT2D eigenvalue weighted by molar-refractivity contribution is 7.10. The first-order chi connectivity index (χ1) is 12.3. The molecule has 0 spiro atoms. The van der Waals surface area contributed by atoms with Crippen LogP contribution >= 0.6 is 11.3 Å². The van der Waals surface area contributed by atoms with E-state index in [0.717, 1.165) is 30.9 Å². The van der Waals surface area contributed by atoms with E-state index in [0.29, 0.717) is 6.04 Å². The molecule has 136 valence electrons. The summed E-state index contributed by atoms with van der Waals surface area (Å²) in [5, 5.41) is 17.5. The third-order valence-electron chi connectivity index (χ3n) is 5.70. The summed E-state index contributed by atoms with van der Waals surface area (Å²) in [6.07, 6.45) is 9.27. The van der Waals surface area contributed by atoms with E-state index in [1.54, 1.807) is 11.3 Å². The Hall–Kier alpha value is -1.17. The van der Waals surface area contributed by atoms with Crippen molar-refractivity contribution >= 4 is 11.3 Å². The van der Waals surface area contributed by atoms with Gasteiger partial charge in [-0.15, -0.1) is 11.3 Å². The number of rotatable bonds is 5. The van der Waals surface area contributed by atoms with Gasteiger partial charge in [0.25, 0.3) is 0 Å². The summed E-state index contributed by atoms with van der Waals surface area (Å²) in [6.45, 7) is 3.14.